The van der Waals surface area contributed by atoms with E-state index in [9.17, 15) is 9.59 Å². The van der Waals surface area contributed by atoms with Crippen LogP contribution in [0, 0.1) is 11.8 Å². The molecule has 88 valence electrons. The summed E-state index contributed by atoms with van der Waals surface area (Å²) in [5.41, 5.74) is 0.639. The van der Waals surface area contributed by atoms with E-state index in [2.05, 4.69) is 10.3 Å². The van der Waals surface area contributed by atoms with Gasteiger partial charge in [0, 0.05) is 43.5 Å². The minimum atomic E-state index is -0.0132. The van der Waals surface area contributed by atoms with Crippen LogP contribution in [-0.4, -0.2) is 41.3 Å². The Morgan fingerprint density at radius 1 is 1.35 bits per heavy atom. The molecule has 0 spiro atoms. The van der Waals surface area contributed by atoms with Gasteiger partial charge in [0.1, 0.15) is 0 Å². The first-order chi connectivity index (χ1) is 8.25. The van der Waals surface area contributed by atoms with Gasteiger partial charge < -0.3 is 10.2 Å². The van der Waals surface area contributed by atoms with Crippen molar-refractivity contribution in [3.05, 3.63) is 30.1 Å². The number of amides is 2. The number of carbonyl (C=O) groups is 2. The number of nitrogens with zero attached hydrogens (tertiary/aromatic N) is 2. The van der Waals surface area contributed by atoms with Crippen LogP contribution in [-0.2, 0) is 4.79 Å². The van der Waals surface area contributed by atoms with Crippen molar-refractivity contribution in [1.29, 1.82) is 0 Å². The van der Waals surface area contributed by atoms with E-state index in [0.717, 1.165) is 0 Å². The van der Waals surface area contributed by atoms with Crippen molar-refractivity contribution in [2.75, 3.05) is 19.6 Å². The smallest absolute Gasteiger partial charge is 0.253 e. The fourth-order valence-electron chi connectivity index (χ4n) is 2.58. The van der Waals surface area contributed by atoms with Crippen molar-refractivity contribution in [2.24, 2.45) is 11.8 Å². The molecule has 0 aromatic carbocycles. The molecule has 1 aromatic rings. The Labute approximate surface area is 98.8 Å². The Kier molecular flexibility index (Phi) is 2.31. The molecule has 2 aliphatic heterocycles. The number of fused-ring (bicyclic) bond motifs is 1. The fraction of sp³-hybridized carbons (Fsp3) is 0.417. The van der Waals surface area contributed by atoms with Crippen LogP contribution in [0.3, 0.4) is 0 Å². The zero-order chi connectivity index (χ0) is 11.8. The Hall–Kier alpha value is -1.91. The molecular formula is C12H13N3O2. The average molecular weight is 231 g/mol. The van der Waals surface area contributed by atoms with Crippen molar-refractivity contribution < 1.29 is 9.59 Å². The predicted molar refractivity (Wildman–Crippen MR) is 60.1 cm³/mol. The number of likely N-dealkylation sites (tertiary alicyclic amines) is 1. The number of hydrogen-bond donors (Lipinski definition) is 1. The number of nitrogens with one attached hydrogen (secondary N) is 1. The van der Waals surface area contributed by atoms with E-state index in [1.54, 1.807) is 29.4 Å². The van der Waals surface area contributed by atoms with Crippen molar-refractivity contribution >= 4 is 11.8 Å². The summed E-state index contributed by atoms with van der Waals surface area (Å²) in [7, 11) is 0. The second-order valence-electron chi connectivity index (χ2n) is 4.56. The van der Waals surface area contributed by atoms with E-state index < -0.39 is 0 Å². The molecule has 2 atom stereocenters. The lowest BCUT2D eigenvalue weighted by Crippen LogP contribution is -2.33. The van der Waals surface area contributed by atoms with Crippen molar-refractivity contribution in [2.45, 2.75) is 0 Å². The summed E-state index contributed by atoms with van der Waals surface area (Å²) >= 11 is 0. The summed E-state index contributed by atoms with van der Waals surface area (Å²) in [4.78, 5) is 29.3. The molecule has 2 fully saturated rings. The molecule has 1 aromatic heterocycles. The molecule has 3 heterocycles. The summed E-state index contributed by atoms with van der Waals surface area (Å²) in [6.07, 6.45) is 3.22. The first-order valence-electron chi connectivity index (χ1n) is 5.73. The van der Waals surface area contributed by atoms with Crippen LogP contribution in [0.15, 0.2) is 24.5 Å². The number of aromatic nitrogens is 1. The molecular weight excluding hydrogens is 218 g/mol. The Bertz CT molecular complexity index is 460. The quantitative estimate of drug-likeness (QED) is 0.734. The van der Waals surface area contributed by atoms with Gasteiger partial charge in [-0.1, -0.05) is 0 Å². The van der Waals surface area contributed by atoms with Gasteiger partial charge >= 0.3 is 0 Å². The summed E-state index contributed by atoms with van der Waals surface area (Å²) in [6, 6.07) is 3.41. The lowest BCUT2D eigenvalue weighted by atomic mass is 10.0. The number of hydrogen-bond acceptors (Lipinski definition) is 3. The molecule has 2 saturated heterocycles. The molecule has 0 bridgehead atoms. The van der Waals surface area contributed by atoms with Gasteiger partial charge in [0.05, 0.1) is 5.92 Å². The van der Waals surface area contributed by atoms with Crippen LogP contribution >= 0.6 is 0 Å². The molecule has 0 aliphatic carbocycles. The van der Waals surface area contributed by atoms with E-state index in [1.165, 1.54) is 0 Å². The Morgan fingerprint density at radius 3 is 2.82 bits per heavy atom. The Balaban J connectivity index is 1.76. The van der Waals surface area contributed by atoms with Crippen LogP contribution in [0.25, 0.3) is 0 Å². The van der Waals surface area contributed by atoms with Crippen LogP contribution in [0.4, 0.5) is 0 Å². The second-order valence-corrected chi connectivity index (χ2v) is 4.56. The summed E-state index contributed by atoms with van der Waals surface area (Å²) < 4.78 is 0. The van der Waals surface area contributed by atoms with Crippen LogP contribution in [0.5, 0.6) is 0 Å². The van der Waals surface area contributed by atoms with Crippen LogP contribution in [0.1, 0.15) is 10.4 Å². The summed E-state index contributed by atoms with van der Waals surface area (Å²) in [6.45, 7) is 1.91. The van der Waals surface area contributed by atoms with Gasteiger partial charge in [-0.15, -0.1) is 0 Å². The SMILES string of the molecule is O=C1NC[C@H]2CN(C(=O)c3ccncc3)C[C@@H]12. The number of pyridine rings is 1. The maximum atomic E-state index is 12.2. The van der Waals surface area contributed by atoms with E-state index >= 15 is 0 Å². The van der Waals surface area contributed by atoms with E-state index in [-0.39, 0.29) is 23.7 Å². The topological polar surface area (TPSA) is 62.3 Å². The number of rotatable bonds is 1. The lowest BCUT2D eigenvalue weighted by Gasteiger charge is -2.17. The Morgan fingerprint density at radius 2 is 2.12 bits per heavy atom. The first-order valence-corrected chi connectivity index (χ1v) is 5.73. The molecule has 5 heteroatoms. The van der Waals surface area contributed by atoms with Gasteiger partial charge in [0.25, 0.3) is 5.91 Å². The summed E-state index contributed by atoms with van der Waals surface area (Å²) in [5, 5.41) is 2.83. The average Bonchev–Trinajstić information content (AvgIpc) is 2.92. The zero-order valence-corrected chi connectivity index (χ0v) is 9.30. The standard InChI is InChI=1S/C12H13N3O2/c16-11-10-7-15(6-9(10)5-14-11)12(17)8-1-3-13-4-2-8/h1-4,9-10H,5-7H2,(H,14,16)/t9-,10+/m0/s1. The summed E-state index contributed by atoms with van der Waals surface area (Å²) in [5.74, 6) is 0.351. The minimum absolute atomic E-state index is 0.00500. The van der Waals surface area contributed by atoms with Crippen molar-refractivity contribution in [3.63, 3.8) is 0 Å². The third kappa shape index (κ3) is 1.67. The molecule has 5 nitrogen and oxygen atoms in total. The van der Waals surface area contributed by atoms with E-state index in [4.69, 9.17) is 0 Å². The monoisotopic (exact) mass is 231 g/mol. The molecule has 2 amide bonds. The van der Waals surface area contributed by atoms with E-state index in [0.29, 0.717) is 25.2 Å². The highest BCUT2D eigenvalue weighted by molar-refractivity contribution is 5.95. The van der Waals surface area contributed by atoms with Gasteiger partial charge in [-0.25, -0.2) is 0 Å². The predicted octanol–water partition coefficient (Wildman–Crippen LogP) is -0.100. The van der Waals surface area contributed by atoms with Crippen molar-refractivity contribution in [3.8, 4) is 0 Å². The first kappa shape index (κ1) is 10.3. The normalized spacial score (nSPS) is 26.8. The molecule has 2 aliphatic rings. The maximum Gasteiger partial charge on any atom is 0.253 e. The molecule has 17 heavy (non-hydrogen) atoms. The highest BCUT2D eigenvalue weighted by Gasteiger charge is 2.43. The molecule has 3 rings (SSSR count). The second kappa shape index (κ2) is 3.84. The highest BCUT2D eigenvalue weighted by Crippen LogP contribution is 2.28. The molecule has 0 saturated carbocycles. The van der Waals surface area contributed by atoms with Crippen LogP contribution in [0.2, 0.25) is 0 Å². The highest BCUT2D eigenvalue weighted by atomic mass is 16.2. The minimum Gasteiger partial charge on any atom is -0.355 e. The zero-order valence-electron chi connectivity index (χ0n) is 9.30. The van der Waals surface area contributed by atoms with Crippen LogP contribution < -0.4 is 5.32 Å². The van der Waals surface area contributed by atoms with Gasteiger partial charge in [0.2, 0.25) is 5.91 Å². The third-order valence-corrected chi connectivity index (χ3v) is 3.53. The maximum absolute atomic E-state index is 12.2. The number of carbonyl (C=O) groups excluding carboxylic acids is 2. The molecule has 0 radical (unpaired) electrons. The van der Waals surface area contributed by atoms with Gasteiger partial charge in [0.15, 0.2) is 0 Å². The van der Waals surface area contributed by atoms with Crippen molar-refractivity contribution in [1.82, 2.24) is 15.2 Å². The fourth-order valence-corrected chi connectivity index (χ4v) is 2.58. The van der Waals surface area contributed by atoms with Gasteiger partial charge in [-0.05, 0) is 12.1 Å². The third-order valence-electron chi connectivity index (χ3n) is 3.53. The molecule has 1 N–H and O–H groups in total. The molecule has 0 unspecified atom stereocenters. The van der Waals surface area contributed by atoms with Gasteiger partial charge in [-0.3, -0.25) is 14.6 Å². The lowest BCUT2D eigenvalue weighted by molar-refractivity contribution is -0.122. The largest absolute Gasteiger partial charge is 0.355 e. The van der Waals surface area contributed by atoms with Gasteiger partial charge in [-0.2, -0.15) is 0 Å². The van der Waals surface area contributed by atoms with E-state index in [1.807, 2.05) is 0 Å².